The molecule has 2 aromatic rings. The third kappa shape index (κ3) is 6.78. The van der Waals surface area contributed by atoms with E-state index in [4.69, 9.17) is 11.6 Å². The molecule has 1 N–H and O–H groups in total. The van der Waals surface area contributed by atoms with Crippen LogP contribution in [0.5, 0.6) is 0 Å². The SMILES string of the molecule is C[C@H](C(=O)NC1CCCC1)N(CCc1ccccc1)C(=O)CSc1ccc(Cl)cc1. The van der Waals surface area contributed by atoms with Crippen LogP contribution in [0.2, 0.25) is 5.02 Å². The number of nitrogens with zero attached hydrogens (tertiary/aromatic N) is 1. The van der Waals surface area contributed by atoms with E-state index in [9.17, 15) is 9.59 Å². The van der Waals surface area contributed by atoms with Crippen LogP contribution in [-0.4, -0.2) is 41.1 Å². The maximum atomic E-state index is 13.1. The molecule has 0 aliphatic heterocycles. The number of benzene rings is 2. The highest BCUT2D eigenvalue weighted by Crippen LogP contribution is 2.22. The van der Waals surface area contributed by atoms with Gasteiger partial charge in [0.15, 0.2) is 0 Å². The molecule has 4 nitrogen and oxygen atoms in total. The molecule has 3 rings (SSSR count). The first-order chi connectivity index (χ1) is 14.5. The van der Waals surface area contributed by atoms with Gasteiger partial charge in [0, 0.05) is 22.5 Å². The number of carbonyl (C=O) groups excluding carboxylic acids is 2. The van der Waals surface area contributed by atoms with Gasteiger partial charge in [-0.25, -0.2) is 0 Å². The Labute approximate surface area is 188 Å². The van der Waals surface area contributed by atoms with Crippen LogP contribution < -0.4 is 5.32 Å². The van der Waals surface area contributed by atoms with Crippen molar-refractivity contribution in [1.82, 2.24) is 10.2 Å². The summed E-state index contributed by atoms with van der Waals surface area (Å²) in [6, 6.07) is 17.3. The van der Waals surface area contributed by atoms with Crippen LogP contribution in [0, 0.1) is 0 Å². The predicted molar refractivity (Wildman–Crippen MR) is 124 cm³/mol. The monoisotopic (exact) mass is 444 g/mol. The first-order valence-electron chi connectivity index (χ1n) is 10.5. The molecular formula is C24H29ClN2O2S. The third-order valence-corrected chi connectivity index (χ3v) is 6.78. The predicted octanol–water partition coefficient (Wildman–Crippen LogP) is 4.95. The Bertz CT molecular complexity index is 823. The minimum atomic E-state index is -0.493. The lowest BCUT2D eigenvalue weighted by Gasteiger charge is -2.29. The number of hydrogen-bond acceptors (Lipinski definition) is 3. The quantitative estimate of drug-likeness (QED) is 0.556. The van der Waals surface area contributed by atoms with E-state index in [2.05, 4.69) is 5.32 Å². The molecule has 1 fully saturated rings. The van der Waals surface area contributed by atoms with E-state index in [0.29, 0.717) is 11.6 Å². The number of thioether (sulfide) groups is 1. The van der Waals surface area contributed by atoms with E-state index < -0.39 is 6.04 Å². The highest BCUT2D eigenvalue weighted by atomic mass is 35.5. The lowest BCUT2D eigenvalue weighted by Crippen LogP contribution is -2.51. The molecule has 160 valence electrons. The zero-order valence-corrected chi connectivity index (χ0v) is 18.9. The molecule has 0 aromatic heterocycles. The number of hydrogen-bond donors (Lipinski definition) is 1. The van der Waals surface area contributed by atoms with E-state index in [-0.39, 0.29) is 23.6 Å². The molecule has 1 saturated carbocycles. The van der Waals surface area contributed by atoms with Crippen molar-refractivity contribution in [2.24, 2.45) is 0 Å². The van der Waals surface area contributed by atoms with Crippen LogP contribution in [0.25, 0.3) is 0 Å². The first kappa shape index (κ1) is 22.7. The molecule has 0 heterocycles. The molecule has 2 aromatic carbocycles. The zero-order valence-electron chi connectivity index (χ0n) is 17.4. The maximum Gasteiger partial charge on any atom is 0.242 e. The largest absolute Gasteiger partial charge is 0.352 e. The second-order valence-corrected chi connectivity index (χ2v) is 9.22. The molecule has 0 radical (unpaired) electrons. The Morgan fingerprint density at radius 2 is 1.77 bits per heavy atom. The molecule has 1 atom stereocenters. The van der Waals surface area contributed by atoms with E-state index in [1.807, 2.05) is 61.5 Å². The lowest BCUT2D eigenvalue weighted by molar-refractivity contribution is -0.138. The molecule has 1 aliphatic rings. The summed E-state index contributed by atoms with van der Waals surface area (Å²) in [5.74, 6) is 0.206. The van der Waals surface area contributed by atoms with Gasteiger partial charge in [0.1, 0.15) is 6.04 Å². The van der Waals surface area contributed by atoms with Crippen molar-refractivity contribution in [1.29, 1.82) is 0 Å². The van der Waals surface area contributed by atoms with E-state index in [0.717, 1.165) is 42.6 Å². The highest BCUT2D eigenvalue weighted by molar-refractivity contribution is 8.00. The summed E-state index contributed by atoms with van der Waals surface area (Å²) in [5, 5.41) is 3.81. The molecule has 1 aliphatic carbocycles. The number of nitrogens with one attached hydrogen (secondary N) is 1. The Hall–Kier alpha value is -1.98. The van der Waals surface area contributed by atoms with Gasteiger partial charge in [0.05, 0.1) is 5.75 Å². The van der Waals surface area contributed by atoms with Crippen molar-refractivity contribution in [2.75, 3.05) is 12.3 Å². The average Bonchev–Trinajstić information content (AvgIpc) is 3.27. The fraction of sp³-hybridized carbons (Fsp3) is 0.417. The average molecular weight is 445 g/mol. The molecular weight excluding hydrogens is 416 g/mol. The summed E-state index contributed by atoms with van der Waals surface area (Å²) in [5.41, 5.74) is 1.16. The normalized spacial score (nSPS) is 15.0. The minimum Gasteiger partial charge on any atom is -0.352 e. The number of amides is 2. The Morgan fingerprint density at radius 3 is 2.43 bits per heavy atom. The number of carbonyl (C=O) groups is 2. The fourth-order valence-electron chi connectivity index (χ4n) is 3.72. The highest BCUT2D eigenvalue weighted by Gasteiger charge is 2.28. The molecule has 30 heavy (non-hydrogen) atoms. The molecule has 0 unspecified atom stereocenters. The van der Waals surface area contributed by atoms with Crippen molar-refractivity contribution in [3.8, 4) is 0 Å². The van der Waals surface area contributed by atoms with Crippen molar-refractivity contribution < 1.29 is 9.59 Å². The van der Waals surface area contributed by atoms with Gasteiger partial charge in [-0.1, -0.05) is 54.8 Å². The van der Waals surface area contributed by atoms with Crippen LogP contribution in [0.1, 0.15) is 38.2 Å². The topological polar surface area (TPSA) is 49.4 Å². The van der Waals surface area contributed by atoms with Gasteiger partial charge in [-0.3, -0.25) is 9.59 Å². The van der Waals surface area contributed by atoms with Crippen molar-refractivity contribution in [3.63, 3.8) is 0 Å². The summed E-state index contributed by atoms with van der Waals surface area (Å²) in [6.07, 6.45) is 5.10. The zero-order chi connectivity index (χ0) is 21.3. The first-order valence-corrected chi connectivity index (χ1v) is 11.9. The van der Waals surface area contributed by atoms with Gasteiger partial charge in [0.2, 0.25) is 11.8 Å². The van der Waals surface area contributed by atoms with E-state index in [1.165, 1.54) is 11.8 Å². The van der Waals surface area contributed by atoms with Crippen LogP contribution in [0.3, 0.4) is 0 Å². The number of rotatable bonds is 9. The molecule has 2 amide bonds. The Balaban J connectivity index is 1.64. The summed E-state index contributed by atoms with van der Waals surface area (Å²) in [7, 11) is 0. The summed E-state index contributed by atoms with van der Waals surface area (Å²) in [4.78, 5) is 28.6. The molecule has 0 saturated heterocycles. The van der Waals surface area contributed by atoms with Gasteiger partial charge in [-0.05, 0) is 56.0 Å². The van der Waals surface area contributed by atoms with Crippen molar-refractivity contribution in [2.45, 2.75) is 56.0 Å². The van der Waals surface area contributed by atoms with Crippen LogP contribution >= 0.6 is 23.4 Å². The molecule has 6 heteroatoms. The smallest absolute Gasteiger partial charge is 0.242 e. The fourth-order valence-corrected chi connectivity index (χ4v) is 4.63. The Kier molecular flexibility index (Phi) is 8.64. The third-order valence-electron chi connectivity index (χ3n) is 5.53. The summed E-state index contributed by atoms with van der Waals surface area (Å²) < 4.78 is 0. The molecule has 0 bridgehead atoms. The van der Waals surface area contributed by atoms with E-state index in [1.54, 1.807) is 4.90 Å². The Morgan fingerprint density at radius 1 is 1.10 bits per heavy atom. The lowest BCUT2D eigenvalue weighted by atomic mass is 10.1. The standard InChI is InChI=1S/C24H29ClN2O2S/c1-18(24(29)26-21-9-5-6-10-21)27(16-15-19-7-3-2-4-8-19)23(28)17-30-22-13-11-20(25)12-14-22/h2-4,7-8,11-14,18,21H,5-6,9-10,15-17H2,1H3,(H,26,29)/t18-/m1/s1. The summed E-state index contributed by atoms with van der Waals surface area (Å²) in [6.45, 7) is 2.35. The van der Waals surface area contributed by atoms with Crippen LogP contribution in [0.15, 0.2) is 59.5 Å². The van der Waals surface area contributed by atoms with Gasteiger partial charge in [-0.15, -0.1) is 11.8 Å². The van der Waals surface area contributed by atoms with Gasteiger partial charge < -0.3 is 10.2 Å². The van der Waals surface area contributed by atoms with E-state index >= 15 is 0 Å². The second kappa shape index (κ2) is 11.4. The van der Waals surface area contributed by atoms with Crippen LogP contribution in [0.4, 0.5) is 0 Å². The van der Waals surface area contributed by atoms with Gasteiger partial charge in [-0.2, -0.15) is 0 Å². The minimum absolute atomic E-state index is 0.0278. The van der Waals surface area contributed by atoms with Crippen molar-refractivity contribution >= 4 is 35.2 Å². The van der Waals surface area contributed by atoms with Crippen molar-refractivity contribution in [3.05, 3.63) is 65.2 Å². The number of halogens is 1. The van der Waals surface area contributed by atoms with Gasteiger partial charge in [0.25, 0.3) is 0 Å². The summed E-state index contributed by atoms with van der Waals surface area (Å²) >= 11 is 7.41. The maximum absolute atomic E-state index is 13.1. The second-order valence-electron chi connectivity index (χ2n) is 7.73. The molecule has 0 spiro atoms. The van der Waals surface area contributed by atoms with Crippen LogP contribution in [-0.2, 0) is 16.0 Å². The van der Waals surface area contributed by atoms with Gasteiger partial charge >= 0.3 is 0 Å².